The van der Waals surface area contributed by atoms with Crippen molar-refractivity contribution in [3.05, 3.63) is 59.7 Å². The first-order valence-electron chi connectivity index (χ1n) is 7.53. The molecule has 0 aliphatic heterocycles. The number of hydrogen-bond donors (Lipinski definition) is 2. The van der Waals surface area contributed by atoms with Crippen molar-refractivity contribution in [2.24, 2.45) is 0 Å². The number of rotatable bonds is 4. The second-order valence-corrected chi connectivity index (χ2v) is 5.33. The minimum Gasteiger partial charge on any atom is -0.545 e. The third-order valence-corrected chi connectivity index (χ3v) is 3.21. The summed E-state index contributed by atoms with van der Waals surface area (Å²) in [5, 5.41) is 39.3. The molecule has 0 radical (unpaired) electrons. The Balaban J connectivity index is 0.000000368. The topological polar surface area (TPSA) is 121 Å². The average Bonchev–Trinajstić information content (AvgIpc) is 2.57. The Morgan fingerprint density at radius 3 is 1.40 bits per heavy atom. The molecule has 2 N–H and O–H groups in total. The van der Waals surface area contributed by atoms with Crippen molar-refractivity contribution in [1.82, 2.24) is 0 Å². The summed E-state index contributed by atoms with van der Waals surface area (Å²) in [5.74, 6) is -3.25. The molecule has 2 rings (SSSR count). The van der Waals surface area contributed by atoms with Crippen molar-refractivity contribution in [2.75, 3.05) is 0 Å². The van der Waals surface area contributed by atoms with Crippen LogP contribution in [0, 0.1) is 0 Å². The van der Waals surface area contributed by atoms with Crippen molar-refractivity contribution >= 4 is 28.2 Å². The molecule has 6 nitrogen and oxygen atoms in total. The minimum absolute atomic E-state index is 0.178. The molecule has 0 bridgehead atoms. The van der Waals surface area contributed by atoms with E-state index in [1.54, 1.807) is 12.1 Å². The predicted octanol–water partition coefficient (Wildman–Crippen LogP) is 0.885. The van der Waals surface area contributed by atoms with Gasteiger partial charge in [0, 0.05) is 11.1 Å². The van der Waals surface area contributed by atoms with Gasteiger partial charge >= 0.3 is 41.3 Å². The molecule has 0 atom stereocenters. The fourth-order valence-electron chi connectivity index (χ4n) is 1.50. The van der Waals surface area contributed by atoms with Crippen molar-refractivity contribution in [2.45, 2.75) is 25.0 Å². The summed E-state index contributed by atoms with van der Waals surface area (Å²) in [4.78, 5) is 20.3. The Bertz CT molecular complexity index is 615. The maximum absolute atomic E-state index is 10.2. The number of carbonyl (C=O) groups excluding carboxylic acids is 2. The van der Waals surface area contributed by atoms with Crippen LogP contribution in [0.4, 0.5) is 0 Å². The van der Waals surface area contributed by atoms with E-state index in [4.69, 9.17) is 10.2 Å². The smallest absolute Gasteiger partial charge is 0.124 e. The summed E-state index contributed by atoms with van der Waals surface area (Å²) in [5.41, 5.74) is -0.356. The van der Waals surface area contributed by atoms with Gasteiger partial charge < -0.3 is 30.0 Å². The summed E-state index contributed by atoms with van der Waals surface area (Å²) in [7, 11) is 0. The number of carboxylic acids is 2. The van der Waals surface area contributed by atoms with Gasteiger partial charge in [-0.1, -0.05) is 24.3 Å². The second kappa shape index (κ2) is 12.9. The van der Waals surface area contributed by atoms with Crippen LogP contribution in [0.15, 0.2) is 48.5 Å². The first-order valence-corrected chi connectivity index (χ1v) is 8.35. The molecule has 0 fully saturated rings. The average molecular weight is 358 g/mol. The number of unbranched alkanes of at least 4 members (excludes halogenated alkanes) is 1. The molecule has 0 saturated heterocycles. The molecule has 0 spiro atoms. The molecule has 2 aromatic carbocycles. The molecule has 0 aliphatic carbocycles. The molecule has 0 saturated carbocycles. The zero-order valence-electron chi connectivity index (χ0n) is 13.8. The molecular formula is C18H19AlO6. The maximum atomic E-state index is 10.2. The number of para-hydroxylation sites is 2. The second-order valence-electron chi connectivity index (χ2n) is 4.75. The van der Waals surface area contributed by atoms with Gasteiger partial charge in [-0.05, 0) is 24.3 Å². The maximum Gasteiger partial charge on any atom is 0.124 e. The number of carbonyl (C=O) groups is 2. The molecule has 130 valence electrons. The fraction of sp³-hybridized carbons (Fsp3) is 0.222. The fourth-order valence-corrected chi connectivity index (χ4v) is 1.90. The summed E-state index contributed by atoms with van der Waals surface area (Å²) in [6, 6.07) is 11.3. The Morgan fingerprint density at radius 2 is 1.24 bits per heavy atom. The third kappa shape index (κ3) is 9.40. The minimum atomic E-state index is -1.36. The van der Waals surface area contributed by atoms with Crippen LogP contribution >= 0.6 is 0 Å². The number of phenols is 2. The molecule has 0 heterocycles. The van der Waals surface area contributed by atoms with E-state index in [-0.39, 0.29) is 22.6 Å². The van der Waals surface area contributed by atoms with Crippen LogP contribution in [0.1, 0.15) is 40.5 Å². The van der Waals surface area contributed by atoms with E-state index in [1.165, 1.54) is 54.5 Å². The summed E-state index contributed by atoms with van der Waals surface area (Å²) in [6.45, 7) is 2.20. The van der Waals surface area contributed by atoms with Crippen LogP contribution in [0.3, 0.4) is 0 Å². The van der Waals surface area contributed by atoms with Gasteiger partial charge in [0.05, 0.1) is 11.9 Å². The van der Waals surface area contributed by atoms with Crippen molar-refractivity contribution in [3.8, 4) is 11.5 Å². The molecule has 25 heavy (non-hydrogen) atoms. The van der Waals surface area contributed by atoms with Crippen LogP contribution in [-0.4, -0.2) is 38.4 Å². The molecule has 0 amide bonds. The van der Waals surface area contributed by atoms with Gasteiger partial charge in [-0.2, -0.15) is 0 Å². The molecule has 7 heteroatoms. The van der Waals surface area contributed by atoms with Crippen LogP contribution in [-0.2, 0) is 0 Å². The zero-order valence-corrected chi connectivity index (χ0v) is 15.0. The van der Waals surface area contributed by atoms with Crippen LogP contribution < -0.4 is 10.2 Å². The Morgan fingerprint density at radius 1 is 0.880 bits per heavy atom. The molecular weight excluding hydrogens is 339 g/mol. The van der Waals surface area contributed by atoms with E-state index >= 15 is 0 Å². The predicted molar refractivity (Wildman–Crippen MR) is 90.3 cm³/mol. The number of aromatic carboxylic acids is 2. The van der Waals surface area contributed by atoms with Gasteiger partial charge in [-0.3, -0.25) is 0 Å². The first-order chi connectivity index (χ1) is 11.8. The van der Waals surface area contributed by atoms with Gasteiger partial charge in [0.15, 0.2) is 0 Å². The van der Waals surface area contributed by atoms with E-state index in [2.05, 4.69) is 23.2 Å². The van der Waals surface area contributed by atoms with Gasteiger partial charge in [0.2, 0.25) is 0 Å². The normalized spacial score (nSPS) is 9.08. The Hall–Kier alpha value is -2.49. The molecule has 0 aliphatic rings. The van der Waals surface area contributed by atoms with Crippen molar-refractivity contribution in [3.63, 3.8) is 0 Å². The van der Waals surface area contributed by atoms with Gasteiger partial charge in [-0.15, -0.1) is 0 Å². The number of hydrogen-bond acceptors (Lipinski definition) is 6. The summed E-state index contributed by atoms with van der Waals surface area (Å²) >= 11 is 2.70. The van der Waals surface area contributed by atoms with Gasteiger partial charge in [-0.25, -0.2) is 0 Å². The van der Waals surface area contributed by atoms with Crippen molar-refractivity contribution < 1.29 is 30.0 Å². The monoisotopic (exact) mass is 358 g/mol. The van der Waals surface area contributed by atoms with Crippen molar-refractivity contribution in [1.29, 1.82) is 0 Å². The molecule has 0 aromatic heterocycles. The van der Waals surface area contributed by atoms with E-state index in [1.807, 2.05) is 0 Å². The van der Waals surface area contributed by atoms with Crippen LogP contribution in [0.5, 0.6) is 11.5 Å². The SMILES string of the molecule is CCC[CH2][Al+2].O=C([O-])c1ccccc1O.O=C([O-])c1ccccc1O. The number of carboxylic acid groups (broad SMARTS) is 2. The van der Waals surface area contributed by atoms with E-state index < -0.39 is 11.9 Å². The zero-order chi connectivity index (χ0) is 19.2. The third-order valence-electron chi connectivity index (χ3n) is 2.81. The van der Waals surface area contributed by atoms with Gasteiger partial charge in [0.25, 0.3) is 0 Å². The number of aromatic hydroxyl groups is 2. The standard InChI is InChI=1S/2C7H6O3.C4H9.Al/c2*8-6-4-2-1-3-5(6)7(9)10;1-3-4-2;/h2*1-4,8H,(H,9,10);1,3-4H2,2H3;/q;;;+2/p-2. The molecule has 0 unspecified atom stereocenters. The van der Waals surface area contributed by atoms with E-state index in [9.17, 15) is 19.8 Å². The summed E-state index contributed by atoms with van der Waals surface area (Å²) in [6.07, 6.45) is 2.67. The Labute approximate surface area is 154 Å². The van der Waals surface area contributed by atoms with E-state index in [0.717, 1.165) is 0 Å². The van der Waals surface area contributed by atoms with Crippen LogP contribution in [0.2, 0.25) is 5.28 Å². The summed E-state index contributed by atoms with van der Waals surface area (Å²) < 4.78 is 0. The Kier molecular flexibility index (Phi) is 11.6. The first kappa shape index (κ1) is 22.5. The van der Waals surface area contributed by atoms with Crippen LogP contribution in [0.25, 0.3) is 0 Å². The number of benzene rings is 2. The van der Waals surface area contributed by atoms with E-state index in [0.29, 0.717) is 0 Å². The quantitative estimate of drug-likeness (QED) is 0.783. The largest absolute Gasteiger partial charge is 0.545 e. The van der Waals surface area contributed by atoms with Gasteiger partial charge in [0.1, 0.15) is 11.5 Å². The molecule has 2 aromatic rings.